The van der Waals surface area contributed by atoms with Gasteiger partial charge in [0.15, 0.2) is 6.10 Å². The predicted molar refractivity (Wildman–Crippen MR) is 126 cm³/mol. The minimum Gasteiger partial charge on any atom is -0.481 e. The van der Waals surface area contributed by atoms with E-state index in [0.29, 0.717) is 17.9 Å². The van der Waals surface area contributed by atoms with E-state index < -0.39 is 26.2 Å². The average molecular weight is 496 g/mol. The van der Waals surface area contributed by atoms with Gasteiger partial charge >= 0.3 is 0 Å². The highest BCUT2D eigenvalue weighted by Gasteiger charge is 2.32. The Morgan fingerprint density at radius 2 is 1.55 bits per heavy atom. The highest BCUT2D eigenvalue weighted by molar-refractivity contribution is 7.92. The highest BCUT2D eigenvalue weighted by Crippen LogP contribution is 2.23. The maximum Gasteiger partial charge on any atom is 0.263 e. The summed E-state index contributed by atoms with van der Waals surface area (Å²) in [6.07, 6.45) is 0.834. The second kappa shape index (κ2) is 10.1. The second-order valence-corrected chi connectivity index (χ2v) is 11.7. The number of hydrogen-bond acceptors (Lipinski definition) is 6. The summed E-state index contributed by atoms with van der Waals surface area (Å²) in [4.78, 5) is 14.9. The van der Waals surface area contributed by atoms with Crippen LogP contribution in [-0.4, -0.2) is 77.5 Å². The van der Waals surface area contributed by atoms with Gasteiger partial charge in [-0.25, -0.2) is 16.8 Å². The number of piperazine rings is 1. The Morgan fingerprint density at radius 1 is 0.970 bits per heavy atom. The van der Waals surface area contributed by atoms with Crippen molar-refractivity contribution in [3.05, 3.63) is 54.6 Å². The molecule has 33 heavy (non-hydrogen) atoms. The molecule has 1 aliphatic heterocycles. The zero-order valence-electron chi connectivity index (χ0n) is 18.9. The van der Waals surface area contributed by atoms with Crippen molar-refractivity contribution in [1.29, 1.82) is 0 Å². The van der Waals surface area contributed by atoms with Crippen molar-refractivity contribution in [2.45, 2.75) is 24.3 Å². The van der Waals surface area contributed by atoms with Crippen molar-refractivity contribution in [2.24, 2.45) is 0 Å². The first-order valence-corrected chi connectivity index (χ1v) is 13.9. The standard InChI is InChI=1S/C22H29N3O6S2/c1-4-21(31-19-12-10-18(11-13-19)23(2)32(3,27)28)22(26)24-14-16-25(17-15-24)33(29,30)20-8-6-5-7-9-20/h5-13,21H,4,14-17H2,1-3H3. The summed E-state index contributed by atoms with van der Waals surface area (Å²) in [7, 11) is -5.50. The van der Waals surface area contributed by atoms with Gasteiger partial charge in [0.05, 0.1) is 16.8 Å². The van der Waals surface area contributed by atoms with E-state index in [1.165, 1.54) is 11.4 Å². The molecule has 11 heteroatoms. The molecule has 2 aromatic rings. The lowest BCUT2D eigenvalue weighted by Gasteiger charge is -2.35. The van der Waals surface area contributed by atoms with Gasteiger partial charge in [-0.3, -0.25) is 9.10 Å². The van der Waals surface area contributed by atoms with E-state index in [1.54, 1.807) is 59.5 Å². The molecule has 2 aromatic carbocycles. The van der Waals surface area contributed by atoms with Gasteiger partial charge in [-0.2, -0.15) is 4.31 Å². The van der Waals surface area contributed by atoms with E-state index in [4.69, 9.17) is 4.74 Å². The SMILES string of the molecule is CCC(Oc1ccc(N(C)S(C)(=O)=O)cc1)C(=O)N1CCN(S(=O)(=O)c2ccccc2)CC1. The first-order chi connectivity index (χ1) is 15.5. The van der Waals surface area contributed by atoms with Gasteiger partial charge in [-0.15, -0.1) is 0 Å². The molecule has 0 aliphatic carbocycles. The molecule has 1 amide bonds. The van der Waals surface area contributed by atoms with E-state index in [2.05, 4.69) is 0 Å². The minimum absolute atomic E-state index is 0.202. The first kappa shape index (κ1) is 25.0. The van der Waals surface area contributed by atoms with Crippen molar-refractivity contribution < 1.29 is 26.4 Å². The third kappa shape index (κ3) is 5.84. The van der Waals surface area contributed by atoms with Gasteiger partial charge in [0.25, 0.3) is 5.91 Å². The predicted octanol–water partition coefficient (Wildman–Crippen LogP) is 1.77. The number of rotatable bonds is 8. The Bertz CT molecular complexity index is 1160. The van der Waals surface area contributed by atoms with Gasteiger partial charge in [-0.1, -0.05) is 25.1 Å². The van der Waals surface area contributed by atoms with Crippen LogP contribution < -0.4 is 9.04 Å². The van der Waals surface area contributed by atoms with Crippen LogP contribution >= 0.6 is 0 Å². The average Bonchev–Trinajstić information content (AvgIpc) is 2.82. The molecule has 180 valence electrons. The van der Waals surface area contributed by atoms with Gasteiger partial charge in [-0.05, 0) is 42.8 Å². The van der Waals surface area contributed by atoms with Gasteiger partial charge in [0, 0.05) is 33.2 Å². The summed E-state index contributed by atoms with van der Waals surface area (Å²) in [6.45, 7) is 2.83. The molecule has 0 N–H and O–H groups in total. The molecule has 0 spiro atoms. The molecular weight excluding hydrogens is 466 g/mol. The number of hydrogen-bond donors (Lipinski definition) is 0. The van der Waals surface area contributed by atoms with Crippen LogP contribution in [0.2, 0.25) is 0 Å². The molecule has 1 heterocycles. The molecule has 1 aliphatic rings. The number of sulfonamides is 2. The Morgan fingerprint density at radius 3 is 2.06 bits per heavy atom. The molecule has 0 radical (unpaired) electrons. The van der Waals surface area contributed by atoms with Crippen LogP contribution in [0.5, 0.6) is 5.75 Å². The topological polar surface area (TPSA) is 104 Å². The fraction of sp³-hybridized carbons (Fsp3) is 0.409. The van der Waals surface area contributed by atoms with E-state index in [0.717, 1.165) is 10.6 Å². The number of carbonyl (C=O) groups is 1. The Labute approximate surface area is 195 Å². The van der Waals surface area contributed by atoms with E-state index in [1.807, 2.05) is 6.92 Å². The monoisotopic (exact) mass is 495 g/mol. The molecule has 0 bridgehead atoms. The summed E-state index contributed by atoms with van der Waals surface area (Å²) in [5.74, 6) is 0.248. The second-order valence-electron chi connectivity index (χ2n) is 7.78. The number of amides is 1. The van der Waals surface area contributed by atoms with E-state index >= 15 is 0 Å². The number of nitrogens with zero attached hydrogens (tertiary/aromatic N) is 3. The van der Waals surface area contributed by atoms with Gasteiger partial charge in [0.2, 0.25) is 20.0 Å². The van der Waals surface area contributed by atoms with Crippen LogP contribution in [0.3, 0.4) is 0 Å². The molecule has 1 atom stereocenters. The van der Waals surface area contributed by atoms with Crippen LogP contribution in [0.25, 0.3) is 0 Å². The number of anilines is 1. The summed E-state index contributed by atoms with van der Waals surface area (Å²) in [5.41, 5.74) is 0.486. The molecule has 1 fully saturated rings. The van der Waals surface area contributed by atoms with Crippen LogP contribution in [0, 0.1) is 0 Å². The zero-order valence-corrected chi connectivity index (χ0v) is 20.5. The Balaban J connectivity index is 1.61. The molecule has 0 saturated carbocycles. The Hall–Kier alpha value is -2.63. The fourth-order valence-corrected chi connectivity index (χ4v) is 5.44. The van der Waals surface area contributed by atoms with Crippen molar-refractivity contribution in [1.82, 2.24) is 9.21 Å². The molecule has 1 saturated heterocycles. The van der Waals surface area contributed by atoms with Crippen LogP contribution in [-0.2, 0) is 24.8 Å². The van der Waals surface area contributed by atoms with Crippen molar-refractivity contribution in [2.75, 3.05) is 43.8 Å². The maximum absolute atomic E-state index is 13.0. The fourth-order valence-electron chi connectivity index (χ4n) is 3.49. The van der Waals surface area contributed by atoms with Gasteiger partial charge in [0.1, 0.15) is 5.75 Å². The van der Waals surface area contributed by atoms with Crippen molar-refractivity contribution >= 4 is 31.6 Å². The molecular formula is C22H29N3O6S2. The lowest BCUT2D eigenvalue weighted by Crippen LogP contribution is -2.53. The zero-order chi connectivity index (χ0) is 24.2. The lowest BCUT2D eigenvalue weighted by molar-refractivity contribution is -0.140. The quantitative estimate of drug-likeness (QED) is 0.553. The van der Waals surface area contributed by atoms with Crippen molar-refractivity contribution in [3.8, 4) is 5.75 Å². The highest BCUT2D eigenvalue weighted by atomic mass is 32.2. The number of benzene rings is 2. The maximum atomic E-state index is 13.0. The molecule has 1 unspecified atom stereocenters. The molecule has 0 aromatic heterocycles. The third-order valence-corrected chi connectivity index (χ3v) is 8.67. The number of carbonyl (C=O) groups excluding carboxylic acids is 1. The number of ether oxygens (including phenoxy) is 1. The molecule has 3 rings (SSSR count). The van der Waals surface area contributed by atoms with Gasteiger partial charge < -0.3 is 9.64 Å². The summed E-state index contributed by atoms with van der Waals surface area (Å²) >= 11 is 0. The summed E-state index contributed by atoms with van der Waals surface area (Å²) in [6, 6.07) is 14.7. The third-order valence-electron chi connectivity index (χ3n) is 5.55. The normalized spacial score (nSPS) is 16.3. The van der Waals surface area contributed by atoms with E-state index in [9.17, 15) is 21.6 Å². The Kier molecular flexibility index (Phi) is 7.65. The summed E-state index contributed by atoms with van der Waals surface area (Å²) in [5, 5.41) is 0. The van der Waals surface area contributed by atoms with Crippen LogP contribution in [0.15, 0.2) is 59.5 Å². The first-order valence-electron chi connectivity index (χ1n) is 10.6. The van der Waals surface area contributed by atoms with Crippen molar-refractivity contribution in [3.63, 3.8) is 0 Å². The van der Waals surface area contributed by atoms with Crippen LogP contribution in [0.1, 0.15) is 13.3 Å². The van der Waals surface area contributed by atoms with E-state index in [-0.39, 0.29) is 37.0 Å². The molecule has 9 nitrogen and oxygen atoms in total. The largest absolute Gasteiger partial charge is 0.481 e. The lowest BCUT2D eigenvalue weighted by atomic mass is 10.2. The van der Waals surface area contributed by atoms with Crippen LogP contribution in [0.4, 0.5) is 5.69 Å². The summed E-state index contributed by atoms with van der Waals surface area (Å²) < 4.78 is 57.3. The minimum atomic E-state index is -3.59. The smallest absolute Gasteiger partial charge is 0.263 e.